The molecule has 0 amide bonds. The van der Waals surface area contributed by atoms with Gasteiger partial charge in [-0.2, -0.15) is 0 Å². The third-order valence-electron chi connectivity index (χ3n) is 0.595. The fraction of sp³-hybridized carbons (Fsp3) is 0.286. The molecule has 2 heteroatoms. The second kappa shape index (κ2) is 4.39. The van der Waals surface area contributed by atoms with Crippen LogP contribution in [0.3, 0.4) is 0 Å². The Morgan fingerprint density at radius 3 is 2.44 bits per heavy atom. The molecular formula is C7H11NS. The number of allylic oxidation sites excluding steroid dienone is 1. The second-order valence-corrected chi connectivity index (χ2v) is 3.13. The standard InChI is InChI=1S/C7H11NS/c1-5-8-7(4)9-6(2)3/h5H,1-2H2,3-4H3. The highest BCUT2D eigenvalue weighted by Crippen LogP contribution is 2.13. The van der Waals surface area contributed by atoms with E-state index in [2.05, 4.69) is 18.2 Å². The van der Waals surface area contributed by atoms with Gasteiger partial charge in [0.2, 0.25) is 0 Å². The molecule has 0 aliphatic heterocycles. The van der Waals surface area contributed by atoms with Crippen molar-refractivity contribution in [2.45, 2.75) is 13.8 Å². The Hall–Kier alpha value is -0.500. The molecule has 0 aromatic heterocycles. The summed E-state index contributed by atoms with van der Waals surface area (Å²) >= 11 is 1.56. The summed E-state index contributed by atoms with van der Waals surface area (Å²) in [5.41, 5.74) is 0. The smallest absolute Gasteiger partial charge is 0.0744 e. The first-order valence-corrected chi connectivity index (χ1v) is 3.47. The molecule has 0 spiro atoms. The van der Waals surface area contributed by atoms with E-state index in [0.29, 0.717) is 0 Å². The summed E-state index contributed by atoms with van der Waals surface area (Å²) in [4.78, 5) is 5.00. The summed E-state index contributed by atoms with van der Waals surface area (Å²) in [7, 11) is 0. The van der Waals surface area contributed by atoms with E-state index in [0.717, 1.165) is 9.95 Å². The summed E-state index contributed by atoms with van der Waals surface area (Å²) in [5.74, 6) is 0. The molecule has 0 unspecified atom stereocenters. The maximum absolute atomic E-state index is 3.95. The van der Waals surface area contributed by atoms with E-state index >= 15 is 0 Å². The summed E-state index contributed by atoms with van der Waals surface area (Å²) in [6, 6.07) is 0. The molecule has 0 radical (unpaired) electrons. The van der Waals surface area contributed by atoms with Crippen molar-refractivity contribution >= 4 is 16.8 Å². The van der Waals surface area contributed by atoms with Gasteiger partial charge in [0, 0.05) is 6.20 Å². The van der Waals surface area contributed by atoms with E-state index in [4.69, 9.17) is 0 Å². The van der Waals surface area contributed by atoms with Crippen molar-refractivity contribution in [2.24, 2.45) is 4.99 Å². The molecule has 0 atom stereocenters. The Labute approximate surface area is 60.6 Å². The van der Waals surface area contributed by atoms with Crippen LogP contribution in [0.15, 0.2) is 29.3 Å². The lowest BCUT2D eigenvalue weighted by molar-refractivity contribution is 1.59. The lowest BCUT2D eigenvalue weighted by Crippen LogP contribution is -1.79. The fourth-order valence-electron chi connectivity index (χ4n) is 0.407. The van der Waals surface area contributed by atoms with Crippen LogP contribution >= 0.6 is 11.8 Å². The van der Waals surface area contributed by atoms with Crippen LogP contribution in [0.5, 0.6) is 0 Å². The Kier molecular flexibility index (Phi) is 4.14. The largest absolute Gasteiger partial charge is 0.255 e. The topological polar surface area (TPSA) is 12.4 Å². The van der Waals surface area contributed by atoms with Crippen molar-refractivity contribution in [2.75, 3.05) is 0 Å². The number of thioether (sulfide) groups is 1. The molecule has 0 aliphatic rings. The minimum absolute atomic E-state index is 0.984. The van der Waals surface area contributed by atoms with Crippen molar-refractivity contribution in [3.8, 4) is 0 Å². The van der Waals surface area contributed by atoms with Gasteiger partial charge in [0.1, 0.15) is 0 Å². The molecule has 0 saturated carbocycles. The van der Waals surface area contributed by atoms with Crippen LogP contribution in [0.25, 0.3) is 0 Å². The summed E-state index contributed by atoms with van der Waals surface area (Å²) < 4.78 is 0. The highest BCUT2D eigenvalue weighted by atomic mass is 32.2. The fourth-order valence-corrected chi connectivity index (χ4v) is 1.04. The van der Waals surface area contributed by atoms with Gasteiger partial charge in [0.15, 0.2) is 0 Å². The Morgan fingerprint density at radius 1 is 1.56 bits per heavy atom. The van der Waals surface area contributed by atoms with E-state index in [9.17, 15) is 0 Å². The van der Waals surface area contributed by atoms with Crippen molar-refractivity contribution < 1.29 is 0 Å². The first kappa shape index (κ1) is 8.50. The molecule has 0 saturated heterocycles. The lowest BCUT2D eigenvalue weighted by atomic mass is 10.8. The molecule has 0 N–H and O–H groups in total. The SMILES string of the molecule is C=CN=C(C)SC(=C)C. The van der Waals surface area contributed by atoms with E-state index in [1.807, 2.05) is 13.8 Å². The minimum atomic E-state index is 0.984. The van der Waals surface area contributed by atoms with Crippen molar-refractivity contribution in [3.63, 3.8) is 0 Å². The zero-order chi connectivity index (χ0) is 7.28. The molecule has 0 aromatic rings. The minimum Gasteiger partial charge on any atom is -0.255 e. The van der Waals surface area contributed by atoms with Crippen molar-refractivity contribution in [1.82, 2.24) is 0 Å². The number of rotatable bonds is 2. The van der Waals surface area contributed by atoms with Gasteiger partial charge in [-0.25, -0.2) is 0 Å². The molecule has 50 valence electrons. The zero-order valence-electron chi connectivity index (χ0n) is 5.85. The van der Waals surface area contributed by atoms with Gasteiger partial charge in [0.25, 0.3) is 0 Å². The predicted octanol–water partition coefficient (Wildman–Crippen LogP) is 2.82. The van der Waals surface area contributed by atoms with Gasteiger partial charge >= 0.3 is 0 Å². The molecule has 1 nitrogen and oxygen atoms in total. The average Bonchev–Trinajstić information content (AvgIpc) is 1.63. The van der Waals surface area contributed by atoms with Crippen LogP contribution in [0, 0.1) is 0 Å². The maximum atomic E-state index is 3.95. The van der Waals surface area contributed by atoms with Gasteiger partial charge in [-0.1, -0.05) is 24.9 Å². The van der Waals surface area contributed by atoms with E-state index in [-0.39, 0.29) is 0 Å². The molecule has 0 rings (SSSR count). The van der Waals surface area contributed by atoms with Gasteiger partial charge in [-0.3, -0.25) is 4.99 Å². The number of aliphatic imine (C=N–C) groups is 1. The molecule has 0 fully saturated rings. The summed E-state index contributed by atoms with van der Waals surface area (Å²) in [6.45, 7) is 11.1. The molecule has 9 heavy (non-hydrogen) atoms. The van der Waals surface area contributed by atoms with E-state index in [1.165, 1.54) is 6.20 Å². The van der Waals surface area contributed by atoms with Gasteiger partial charge in [0.05, 0.1) is 5.04 Å². The van der Waals surface area contributed by atoms with Crippen LogP contribution in [-0.4, -0.2) is 5.04 Å². The normalized spacial score (nSPS) is 11.1. The number of hydrogen-bond donors (Lipinski definition) is 0. The summed E-state index contributed by atoms with van der Waals surface area (Å²) in [5, 5.41) is 0.984. The summed E-state index contributed by atoms with van der Waals surface area (Å²) in [6.07, 6.45) is 1.53. The first-order valence-electron chi connectivity index (χ1n) is 2.65. The van der Waals surface area contributed by atoms with Crippen LogP contribution in [0.2, 0.25) is 0 Å². The average molecular weight is 141 g/mol. The van der Waals surface area contributed by atoms with Crippen LogP contribution in [0.1, 0.15) is 13.8 Å². The maximum Gasteiger partial charge on any atom is 0.0744 e. The van der Waals surface area contributed by atoms with Crippen molar-refractivity contribution in [1.29, 1.82) is 0 Å². The van der Waals surface area contributed by atoms with E-state index < -0.39 is 0 Å². The van der Waals surface area contributed by atoms with E-state index in [1.54, 1.807) is 11.8 Å². The molecular weight excluding hydrogens is 130 g/mol. The quantitative estimate of drug-likeness (QED) is 0.425. The molecule has 0 aromatic carbocycles. The highest BCUT2D eigenvalue weighted by Gasteiger charge is 1.88. The predicted molar refractivity (Wildman–Crippen MR) is 45.7 cm³/mol. The van der Waals surface area contributed by atoms with Crippen LogP contribution < -0.4 is 0 Å². The van der Waals surface area contributed by atoms with Gasteiger partial charge in [-0.15, -0.1) is 0 Å². The Morgan fingerprint density at radius 2 is 2.11 bits per heavy atom. The molecule has 0 aliphatic carbocycles. The third-order valence-corrected chi connectivity index (χ3v) is 1.34. The first-order chi connectivity index (χ1) is 4.16. The van der Waals surface area contributed by atoms with Gasteiger partial charge in [-0.05, 0) is 18.8 Å². The third kappa shape index (κ3) is 5.37. The Bertz CT molecular complexity index is 147. The zero-order valence-corrected chi connectivity index (χ0v) is 6.66. The molecule has 0 bridgehead atoms. The van der Waals surface area contributed by atoms with Crippen molar-refractivity contribution in [3.05, 3.63) is 24.3 Å². The monoisotopic (exact) mass is 141 g/mol. The number of hydrogen-bond acceptors (Lipinski definition) is 2. The van der Waals surface area contributed by atoms with Gasteiger partial charge < -0.3 is 0 Å². The second-order valence-electron chi connectivity index (χ2n) is 1.63. The van der Waals surface area contributed by atoms with Crippen LogP contribution in [0.4, 0.5) is 0 Å². The lowest BCUT2D eigenvalue weighted by Gasteiger charge is -1.94. The molecule has 0 heterocycles. The Balaban J connectivity index is 3.75. The van der Waals surface area contributed by atoms with Crippen LogP contribution in [-0.2, 0) is 0 Å². The highest BCUT2D eigenvalue weighted by molar-refractivity contribution is 8.17. The number of nitrogens with zero attached hydrogens (tertiary/aromatic N) is 1.